The number of rotatable bonds is 2. The Balaban J connectivity index is 1.75. The molecule has 0 atom stereocenters. The molecule has 0 aliphatic carbocycles. The highest BCUT2D eigenvalue weighted by atomic mass is 15.2. The van der Waals surface area contributed by atoms with Crippen molar-refractivity contribution in [3.8, 4) is 0 Å². The van der Waals surface area contributed by atoms with Gasteiger partial charge >= 0.3 is 0 Å². The molecular formula is C13H18N4. The van der Waals surface area contributed by atoms with E-state index in [9.17, 15) is 0 Å². The third kappa shape index (κ3) is 2.48. The second kappa shape index (κ2) is 4.85. The number of fused-ring (bicyclic) bond motifs is 1. The Labute approximate surface area is 101 Å². The summed E-state index contributed by atoms with van der Waals surface area (Å²) in [7, 11) is 0. The van der Waals surface area contributed by atoms with E-state index in [1.807, 2.05) is 16.8 Å². The predicted molar refractivity (Wildman–Crippen MR) is 68.0 cm³/mol. The molecule has 4 heteroatoms. The number of aromatic nitrogens is 2. The highest BCUT2D eigenvalue weighted by Gasteiger charge is 2.10. The van der Waals surface area contributed by atoms with Crippen LogP contribution in [0.5, 0.6) is 0 Å². The summed E-state index contributed by atoms with van der Waals surface area (Å²) < 4.78 is 1.95. The minimum atomic E-state index is 0.962. The lowest BCUT2D eigenvalue weighted by Crippen LogP contribution is -2.27. The van der Waals surface area contributed by atoms with Crippen molar-refractivity contribution in [2.24, 2.45) is 0 Å². The van der Waals surface area contributed by atoms with Gasteiger partial charge in [0.05, 0.1) is 11.2 Å². The minimum Gasteiger partial charge on any atom is -0.315 e. The average molecular weight is 230 g/mol. The summed E-state index contributed by atoms with van der Waals surface area (Å²) in [5, 5.41) is 8.01. The highest BCUT2D eigenvalue weighted by molar-refractivity contribution is 5.46. The maximum absolute atomic E-state index is 4.59. The van der Waals surface area contributed by atoms with Crippen molar-refractivity contribution >= 4 is 5.52 Å². The average Bonchev–Trinajstić information content (AvgIpc) is 2.57. The lowest BCUT2D eigenvalue weighted by molar-refractivity contribution is 0.280. The monoisotopic (exact) mass is 230 g/mol. The van der Waals surface area contributed by atoms with Crippen LogP contribution in [-0.4, -0.2) is 40.7 Å². The molecule has 0 amide bonds. The zero-order valence-electron chi connectivity index (χ0n) is 9.97. The minimum absolute atomic E-state index is 0.962. The zero-order valence-corrected chi connectivity index (χ0v) is 9.97. The van der Waals surface area contributed by atoms with E-state index in [1.54, 1.807) is 0 Å². The van der Waals surface area contributed by atoms with Crippen LogP contribution in [0.1, 0.15) is 12.1 Å². The standard InChI is InChI=1S/C13H18N4/c1-2-8-17-13(4-1)10-12(15-17)11-16-7-3-5-14-6-9-16/h1-2,4,8,10,14H,3,5-7,9,11H2. The van der Waals surface area contributed by atoms with E-state index in [0.717, 1.165) is 31.9 Å². The van der Waals surface area contributed by atoms with Gasteiger partial charge in [-0.25, -0.2) is 4.52 Å². The molecule has 1 fully saturated rings. The summed E-state index contributed by atoms with van der Waals surface area (Å²) in [4.78, 5) is 2.47. The summed E-state index contributed by atoms with van der Waals surface area (Å²) in [6.45, 7) is 5.48. The molecule has 0 radical (unpaired) electrons. The van der Waals surface area contributed by atoms with Gasteiger partial charge in [-0.2, -0.15) is 5.10 Å². The first-order valence-electron chi connectivity index (χ1n) is 6.28. The van der Waals surface area contributed by atoms with Gasteiger partial charge in [-0.3, -0.25) is 4.90 Å². The zero-order chi connectivity index (χ0) is 11.5. The molecule has 3 heterocycles. The van der Waals surface area contributed by atoms with Crippen LogP contribution in [0.2, 0.25) is 0 Å². The van der Waals surface area contributed by atoms with E-state index < -0.39 is 0 Å². The van der Waals surface area contributed by atoms with E-state index in [4.69, 9.17) is 0 Å². The maximum Gasteiger partial charge on any atom is 0.0775 e. The molecule has 0 aromatic carbocycles. The summed E-state index contributed by atoms with van der Waals surface area (Å²) in [5.41, 5.74) is 2.34. The van der Waals surface area contributed by atoms with Crippen molar-refractivity contribution < 1.29 is 0 Å². The Morgan fingerprint density at radius 3 is 3.18 bits per heavy atom. The molecule has 0 saturated carbocycles. The fourth-order valence-electron chi connectivity index (χ4n) is 2.36. The van der Waals surface area contributed by atoms with E-state index in [1.165, 1.54) is 18.5 Å². The van der Waals surface area contributed by atoms with E-state index in [0.29, 0.717) is 0 Å². The van der Waals surface area contributed by atoms with Crippen molar-refractivity contribution in [3.05, 3.63) is 36.2 Å². The van der Waals surface area contributed by atoms with Gasteiger partial charge in [0.15, 0.2) is 0 Å². The maximum atomic E-state index is 4.59. The number of hydrogen-bond donors (Lipinski definition) is 1. The van der Waals surface area contributed by atoms with Crippen LogP contribution in [0, 0.1) is 0 Å². The number of hydrogen-bond acceptors (Lipinski definition) is 3. The number of nitrogens with zero attached hydrogens (tertiary/aromatic N) is 3. The molecule has 0 bridgehead atoms. The first kappa shape index (κ1) is 10.7. The largest absolute Gasteiger partial charge is 0.315 e. The normalized spacial score (nSPS) is 18.4. The fraction of sp³-hybridized carbons (Fsp3) is 0.462. The Hall–Kier alpha value is -1.39. The number of nitrogens with one attached hydrogen (secondary N) is 1. The molecule has 1 aliphatic heterocycles. The van der Waals surface area contributed by atoms with Gasteiger partial charge in [-0.05, 0) is 37.7 Å². The van der Waals surface area contributed by atoms with Gasteiger partial charge in [0.2, 0.25) is 0 Å². The van der Waals surface area contributed by atoms with Crippen molar-refractivity contribution in [1.29, 1.82) is 0 Å². The summed E-state index contributed by atoms with van der Waals surface area (Å²) in [6, 6.07) is 8.34. The molecular weight excluding hydrogens is 212 g/mol. The Morgan fingerprint density at radius 1 is 1.24 bits per heavy atom. The van der Waals surface area contributed by atoms with Crippen LogP contribution in [0.3, 0.4) is 0 Å². The van der Waals surface area contributed by atoms with Crippen LogP contribution in [0.4, 0.5) is 0 Å². The smallest absolute Gasteiger partial charge is 0.0775 e. The molecule has 2 aromatic rings. The first-order chi connectivity index (χ1) is 8.42. The van der Waals surface area contributed by atoms with Crippen molar-refractivity contribution in [1.82, 2.24) is 19.8 Å². The molecule has 90 valence electrons. The third-order valence-electron chi connectivity index (χ3n) is 3.24. The van der Waals surface area contributed by atoms with Crippen molar-refractivity contribution in [2.45, 2.75) is 13.0 Å². The molecule has 3 rings (SSSR count). The summed E-state index contributed by atoms with van der Waals surface area (Å²) in [6.07, 6.45) is 3.23. The molecule has 0 spiro atoms. The molecule has 0 unspecified atom stereocenters. The fourth-order valence-corrected chi connectivity index (χ4v) is 2.36. The second-order valence-corrected chi connectivity index (χ2v) is 4.59. The SMILES string of the molecule is c1ccn2nc(CN3CCCNCC3)cc2c1. The first-order valence-corrected chi connectivity index (χ1v) is 6.28. The lowest BCUT2D eigenvalue weighted by atomic mass is 10.3. The van der Waals surface area contributed by atoms with E-state index in [2.05, 4.69) is 33.5 Å². The molecule has 2 aromatic heterocycles. The summed E-state index contributed by atoms with van der Waals surface area (Å²) >= 11 is 0. The van der Waals surface area contributed by atoms with Gasteiger partial charge in [-0.1, -0.05) is 6.07 Å². The lowest BCUT2D eigenvalue weighted by Gasteiger charge is -2.17. The predicted octanol–water partition coefficient (Wildman–Crippen LogP) is 1.13. The van der Waals surface area contributed by atoms with Crippen LogP contribution in [-0.2, 0) is 6.54 Å². The highest BCUT2D eigenvalue weighted by Crippen LogP contribution is 2.09. The van der Waals surface area contributed by atoms with Crippen molar-refractivity contribution in [3.63, 3.8) is 0 Å². The molecule has 4 nitrogen and oxygen atoms in total. The second-order valence-electron chi connectivity index (χ2n) is 4.59. The Kier molecular flexibility index (Phi) is 3.07. The molecule has 1 aliphatic rings. The van der Waals surface area contributed by atoms with E-state index in [-0.39, 0.29) is 0 Å². The molecule has 1 N–H and O–H groups in total. The Morgan fingerprint density at radius 2 is 2.24 bits per heavy atom. The Bertz CT molecular complexity index is 450. The third-order valence-corrected chi connectivity index (χ3v) is 3.24. The number of pyridine rings is 1. The van der Waals surface area contributed by atoms with Gasteiger partial charge in [0, 0.05) is 25.8 Å². The van der Waals surface area contributed by atoms with Crippen molar-refractivity contribution in [2.75, 3.05) is 26.2 Å². The summed E-state index contributed by atoms with van der Waals surface area (Å²) in [5.74, 6) is 0. The van der Waals surface area contributed by atoms with Crippen LogP contribution in [0.15, 0.2) is 30.5 Å². The van der Waals surface area contributed by atoms with Crippen LogP contribution < -0.4 is 5.32 Å². The van der Waals surface area contributed by atoms with Crippen LogP contribution >= 0.6 is 0 Å². The van der Waals surface area contributed by atoms with E-state index >= 15 is 0 Å². The van der Waals surface area contributed by atoms with Gasteiger partial charge in [-0.15, -0.1) is 0 Å². The quantitative estimate of drug-likeness (QED) is 0.839. The van der Waals surface area contributed by atoms with Gasteiger partial charge in [0.25, 0.3) is 0 Å². The van der Waals surface area contributed by atoms with Gasteiger partial charge < -0.3 is 5.32 Å². The van der Waals surface area contributed by atoms with Crippen LogP contribution in [0.25, 0.3) is 5.52 Å². The molecule has 17 heavy (non-hydrogen) atoms. The van der Waals surface area contributed by atoms with Gasteiger partial charge in [0.1, 0.15) is 0 Å². The topological polar surface area (TPSA) is 32.6 Å². The molecule has 1 saturated heterocycles.